The fraction of sp³-hybridized carbons (Fsp3) is 0.444. The topological polar surface area (TPSA) is 71.8 Å². The number of para-hydroxylation sites is 1. The molecule has 1 aliphatic heterocycles. The highest BCUT2D eigenvalue weighted by atomic mass is 16.5. The van der Waals surface area contributed by atoms with Gasteiger partial charge >= 0.3 is 5.97 Å². The molecule has 2 atom stereocenters. The molecular formula is C18H22N2O4. The first kappa shape index (κ1) is 16.5. The molecule has 6 heteroatoms. The highest BCUT2D eigenvalue weighted by molar-refractivity contribution is 5.99. The van der Waals surface area contributed by atoms with Crippen LogP contribution in [0.25, 0.3) is 10.9 Å². The smallest absolute Gasteiger partial charge is 0.334 e. The van der Waals surface area contributed by atoms with Gasteiger partial charge in [-0.1, -0.05) is 25.1 Å². The van der Waals surface area contributed by atoms with E-state index in [1.807, 2.05) is 34.9 Å². The molecule has 1 fully saturated rings. The van der Waals surface area contributed by atoms with Crippen molar-refractivity contribution in [3.63, 3.8) is 0 Å². The van der Waals surface area contributed by atoms with Gasteiger partial charge in [0.15, 0.2) is 6.10 Å². The van der Waals surface area contributed by atoms with Crippen LogP contribution >= 0.6 is 0 Å². The molecule has 3 rings (SSSR count). The molecule has 1 aromatic carbocycles. The third kappa shape index (κ3) is 3.01. The van der Waals surface area contributed by atoms with Crippen molar-refractivity contribution >= 4 is 22.8 Å². The number of carboxylic acids is 1. The third-order valence-electron chi connectivity index (χ3n) is 4.30. The van der Waals surface area contributed by atoms with Gasteiger partial charge in [0.05, 0.1) is 12.6 Å². The lowest BCUT2D eigenvalue weighted by Crippen LogP contribution is -2.52. The minimum Gasteiger partial charge on any atom is -0.479 e. The molecule has 0 radical (unpaired) electrons. The minimum absolute atomic E-state index is 0.0756. The maximum atomic E-state index is 13.0. The van der Waals surface area contributed by atoms with Gasteiger partial charge in [0.25, 0.3) is 5.91 Å². The quantitative estimate of drug-likeness (QED) is 0.934. The molecule has 1 saturated heterocycles. The molecular weight excluding hydrogens is 308 g/mol. The highest BCUT2D eigenvalue weighted by Gasteiger charge is 2.34. The van der Waals surface area contributed by atoms with E-state index in [2.05, 4.69) is 6.92 Å². The van der Waals surface area contributed by atoms with E-state index in [9.17, 15) is 14.7 Å². The van der Waals surface area contributed by atoms with Gasteiger partial charge in [-0.2, -0.15) is 0 Å². The van der Waals surface area contributed by atoms with E-state index >= 15 is 0 Å². The van der Waals surface area contributed by atoms with Gasteiger partial charge < -0.3 is 19.3 Å². The average molecular weight is 330 g/mol. The first-order valence-electron chi connectivity index (χ1n) is 8.27. The molecule has 2 aromatic rings. The van der Waals surface area contributed by atoms with Gasteiger partial charge in [-0.25, -0.2) is 4.79 Å². The van der Waals surface area contributed by atoms with Crippen molar-refractivity contribution in [3.8, 4) is 0 Å². The van der Waals surface area contributed by atoms with Crippen LogP contribution in [0.15, 0.2) is 30.3 Å². The Morgan fingerprint density at radius 2 is 2.04 bits per heavy atom. The second kappa shape index (κ2) is 6.65. The van der Waals surface area contributed by atoms with Crippen molar-refractivity contribution in [1.29, 1.82) is 0 Å². The lowest BCUT2D eigenvalue weighted by molar-refractivity contribution is -0.160. The number of carbonyl (C=O) groups excluding carboxylic acids is 1. The van der Waals surface area contributed by atoms with Gasteiger partial charge in [0, 0.05) is 24.0 Å². The van der Waals surface area contributed by atoms with E-state index in [4.69, 9.17) is 4.74 Å². The number of fused-ring (bicyclic) bond motifs is 1. The molecule has 1 aliphatic rings. The van der Waals surface area contributed by atoms with Crippen molar-refractivity contribution < 1.29 is 19.4 Å². The predicted octanol–water partition coefficient (Wildman–Crippen LogP) is 2.37. The van der Waals surface area contributed by atoms with Gasteiger partial charge in [-0.15, -0.1) is 0 Å². The van der Waals surface area contributed by atoms with E-state index in [0.29, 0.717) is 12.2 Å². The van der Waals surface area contributed by atoms with Crippen molar-refractivity contribution in [2.45, 2.75) is 39.0 Å². The molecule has 0 bridgehead atoms. The van der Waals surface area contributed by atoms with Crippen LogP contribution < -0.4 is 0 Å². The Hall–Kier alpha value is -2.34. The standard InChI is InChI=1S/C18H22N2O4/c1-3-8-20-14-7-5-4-6-13(14)9-15(20)17(21)19-10-12(2)24-16(11-19)18(22)23/h4-7,9,12,16H,3,8,10-11H2,1-2H3,(H,22,23)/t12-,16?/m1/s1. The summed E-state index contributed by atoms with van der Waals surface area (Å²) in [5, 5.41) is 10.2. The van der Waals surface area contributed by atoms with E-state index in [0.717, 1.165) is 23.9 Å². The number of hydrogen-bond donors (Lipinski definition) is 1. The molecule has 0 aliphatic carbocycles. The summed E-state index contributed by atoms with van der Waals surface area (Å²) < 4.78 is 7.42. The molecule has 128 valence electrons. The summed E-state index contributed by atoms with van der Waals surface area (Å²) in [6.45, 7) is 5.08. The number of carboxylic acid groups (broad SMARTS) is 1. The van der Waals surface area contributed by atoms with Gasteiger partial charge in [-0.05, 0) is 25.5 Å². The number of hydrogen-bond acceptors (Lipinski definition) is 3. The monoisotopic (exact) mass is 330 g/mol. The van der Waals surface area contributed by atoms with E-state index in [1.165, 1.54) is 0 Å². The molecule has 1 N–H and O–H groups in total. The van der Waals surface area contributed by atoms with Crippen LogP contribution in [0, 0.1) is 0 Å². The molecule has 1 amide bonds. The van der Waals surface area contributed by atoms with Gasteiger partial charge in [0.2, 0.25) is 0 Å². The third-order valence-corrected chi connectivity index (χ3v) is 4.30. The molecule has 1 unspecified atom stereocenters. The zero-order chi connectivity index (χ0) is 17.3. The molecule has 6 nitrogen and oxygen atoms in total. The summed E-state index contributed by atoms with van der Waals surface area (Å²) in [5.41, 5.74) is 1.63. The summed E-state index contributed by atoms with van der Waals surface area (Å²) in [5.74, 6) is -1.17. The Morgan fingerprint density at radius 1 is 1.29 bits per heavy atom. The second-order valence-electron chi connectivity index (χ2n) is 6.22. The number of rotatable bonds is 4. The van der Waals surface area contributed by atoms with Crippen LogP contribution in [-0.4, -0.2) is 51.7 Å². The molecule has 0 spiro atoms. The van der Waals surface area contributed by atoms with Crippen molar-refractivity contribution in [3.05, 3.63) is 36.0 Å². The summed E-state index contributed by atoms with van der Waals surface area (Å²) in [4.78, 5) is 25.9. The Kier molecular flexibility index (Phi) is 4.57. The van der Waals surface area contributed by atoms with Crippen LogP contribution in [0.1, 0.15) is 30.8 Å². The van der Waals surface area contributed by atoms with E-state index in [-0.39, 0.29) is 18.6 Å². The minimum atomic E-state index is -1.03. The van der Waals surface area contributed by atoms with E-state index < -0.39 is 12.1 Å². The Bertz CT molecular complexity index is 767. The maximum absolute atomic E-state index is 13.0. The lowest BCUT2D eigenvalue weighted by atomic mass is 10.2. The molecule has 2 heterocycles. The van der Waals surface area contributed by atoms with Gasteiger partial charge in [0.1, 0.15) is 5.69 Å². The fourth-order valence-electron chi connectivity index (χ4n) is 3.27. The van der Waals surface area contributed by atoms with Crippen LogP contribution in [-0.2, 0) is 16.1 Å². The number of aliphatic carboxylic acids is 1. The number of ether oxygens (including phenoxy) is 1. The zero-order valence-corrected chi connectivity index (χ0v) is 13.9. The van der Waals surface area contributed by atoms with E-state index in [1.54, 1.807) is 11.8 Å². The first-order chi connectivity index (χ1) is 11.5. The highest BCUT2D eigenvalue weighted by Crippen LogP contribution is 2.23. The fourth-order valence-corrected chi connectivity index (χ4v) is 3.27. The maximum Gasteiger partial charge on any atom is 0.334 e. The number of amides is 1. The summed E-state index contributed by atoms with van der Waals surface area (Å²) in [6.07, 6.45) is -0.356. The first-order valence-corrected chi connectivity index (χ1v) is 8.27. The predicted molar refractivity (Wildman–Crippen MR) is 90.1 cm³/mol. The van der Waals surface area contributed by atoms with Crippen LogP contribution in [0.5, 0.6) is 0 Å². The Balaban J connectivity index is 1.95. The Labute approximate surface area is 140 Å². The largest absolute Gasteiger partial charge is 0.479 e. The Morgan fingerprint density at radius 3 is 2.75 bits per heavy atom. The van der Waals surface area contributed by atoms with Crippen molar-refractivity contribution in [2.75, 3.05) is 13.1 Å². The molecule has 24 heavy (non-hydrogen) atoms. The average Bonchev–Trinajstić information content (AvgIpc) is 2.93. The number of nitrogens with zero attached hydrogens (tertiary/aromatic N) is 2. The van der Waals surface area contributed by atoms with Crippen LogP contribution in [0.3, 0.4) is 0 Å². The summed E-state index contributed by atoms with van der Waals surface area (Å²) >= 11 is 0. The number of carbonyl (C=O) groups is 2. The number of aromatic nitrogens is 1. The number of benzene rings is 1. The number of aryl methyl sites for hydroxylation is 1. The number of morpholine rings is 1. The lowest BCUT2D eigenvalue weighted by Gasteiger charge is -2.35. The zero-order valence-electron chi connectivity index (χ0n) is 13.9. The second-order valence-corrected chi connectivity index (χ2v) is 6.22. The summed E-state index contributed by atoms with van der Waals surface area (Å²) in [7, 11) is 0. The SMILES string of the molecule is CCCn1c(C(=O)N2CC(C(=O)O)O[C@H](C)C2)cc2ccccc21. The van der Waals surface area contributed by atoms with Crippen LogP contribution in [0.4, 0.5) is 0 Å². The molecule has 1 aromatic heterocycles. The van der Waals surface area contributed by atoms with Crippen LogP contribution in [0.2, 0.25) is 0 Å². The summed E-state index contributed by atoms with van der Waals surface area (Å²) in [6, 6.07) is 9.79. The normalized spacial score (nSPS) is 21.2. The van der Waals surface area contributed by atoms with Crippen molar-refractivity contribution in [1.82, 2.24) is 9.47 Å². The van der Waals surface area contributed by atoms with Gasteiger partial charge in [-0.3, -0.25) is 4.79 Å². The molecule has 0 saturated carbocycles. The van der Waals surface area contributed by atoms with Crippen molar-refractivity contribution in [2.24, 2.45) is 0 Å².